The summed E-state index contributed by atoms with van der Waals surface area (Å²) in [6.07, 6.45) is 0. The smallest absolute Gasteiger partial charge is 0.308 e. The Morgan fingerprint density at radius 1 is 1.43 bits per heavy atom. The molecule has 0 aliphatic carbocycles. The number of ether oxygens (including phenoxy) is 1. The average molecular weight is 196 g/mol. The second-order valence-corrected chi connectivity index (χ2v) is 3.35. The van der Waals surface area contributed by atoms with Crippen molar-refractivity contribution in [3.8, 4) is 0 Å². The van der Waals surface area contributed by atoms with E-state index in [0.29, 0.717) is 5.56 Å². The van der Waals surface area contributed by atoms with Gasteiger partial charge in [-0.15, -0.1) is 0 Å². The van der Waals surface area contributed by atoms with Gasteiger partial charge in [0.2, 0.25) is 0 Å². The summed E-state index contributed by atoms with van der Waals surface area (Å²) in [5.41, 5.74) is 0.404. The standard InChI is InChI=1S/C11H13FO2/c1-8(2)11(13)14-7-9-5-3-4-6-10(9)12/h3-6,8H,7H2,1-2H3. The first kappa shape index (κ1) is 10.7. The SMILES string of the molecule is CC(C)C(=O)OCc1ccccc1F. The molecule has 0 saturated carbocycles. The lowest BCUT2D eigenvalue weighted by Crippen LogP contribution is -2.11. The summed E-state index contributed by atoms with van der Waals surface area (Å²) in [4.78, 5) is 11.1. The van der Waals surface area contributed by atoms with Crippen molar-refractivity contribution in [1.29, 1.82) is 0 Å². The summed E-state index contributed by atoms with van der Waals surface area (Å²) in [5, 5.41) is 0. The van der Waals surface area contributed by atoms with E-state index in [-0.39, 0.29) is 24.3 Å². The maximum atomic E-state index is 13.0. The molecule has 1 rings (SSSR count). The lowest BCUT2D eigenvalue weighted by Gasteiger charge is -2.07. The number of rotatable bonds is 3. The first-order valence-electron chi connectivity index (χ1n) is 4.51. The molecular weight excluding hydrogens is 183 g/mol. The molecule has 0 heterocycles. The van der Waals surface area contributed by atoms with E-state index in [4.69, 9.17) is 4.74 Å². The highest BCUT2D eigenvalue weighted by Gasteiger charge is 2.09. The topological polar surface area (TPSA) is 26.3 Å². The van der Waals surface area contributed by atoms with Crippen molar-refractivity contribution in [2.45, 2.75) is 20.5 Å². The van der Waals surface area contributed by atoms with Crippen molar-refractivity contribution in [3.63, 3.8) is 0 Å². The van der Waals surface area contributed by atoms with E-state index in [1.807, 2.05) is 0 Å². The van der Waals surface area contributed by atoms with Gasteiger partial charge in [-0.2, -0.15) is 0 Å². The fourth-order valence-electron chi connectivity index (χ4n) is 0.931. The highest BCUT2D eigenvalue weighted by molar-refractivity contribution is 5.71. The molecule has 0 aliphatic rings. The summed E-state index contributed by atoms with van der Waals surface area (Å²) in [6.45, 7) is 3.48. The van der Waals surface area contributed by atoms with Crippen LogP contribution in [0.2, 0.25) is 0 Å². The number of esters is 1. The van der Waals surface area contributed by atoms with E-state index in [1.165, 1.54) is 6.07 Å². The van der Waals surface area contributed by atoms with Crippen LogP contribution in [0, 0.1) is 11.7 Å². The van der Waals surface area contributed by atoms with Crippen molar-refractivity contribution < 1.29 is 13.9 Å². The molecule has 0 fully saturated rings. The maximum Gasteiger partial charge on any atom is 0.308 e. The highest BCUT2D eigenvalue weighted by Crippen LogP contribution is 2.08. The normalized spacial score (nSPS) is 10.3. The Hall–Kier alpha value is -1.38. The van der Waals surface area contributed by atoms with Gasteiger partial charge in [-0.3, -0.25) is 4.79 Å². The molecule has 0 saturated heterocycles. The van der Waals surface area contributed by atoms with E-state index < -0.39 is 0 Å². The van der Waals surface area contributed by atoms with Crippen molar-refractivity contribution >= 4 is 5.97 Å². The molecule has 0 radical (unpaired) electrons. The predicted octanol–water partition coefficient (Wildman–Crippen LogP) is 2.52. The highest BCUT2D eigenvalue weighted by atomic mass is 19.1. The van der Waals surface area contributed by atoms with Gasteiger partial charge in [0.15, 0.2) is 0 Å². The van der Waals surface area contributed by atoms with Gasteiger partial charge in [0.05, 0.1) is 5.92 Å². The van der Waals surface area contributed by atoms with Crippen LogP contribution < -0.4 is 0 Å². The molecule has 76 valence electrons. The van der Waals surface area contributed by atoms with Gasteiger partial charge >= 0.3 is 5.97 Å². The van der Waals surface area contributed by atoms with Crippen LogP contribution in [0.25, 0.3) is 0 Å². The minimum Gasteiger partial charge on any atom is -0.460 e. The third-order valence-corrected chi connectivity index (χ3v) is 1.80. The first-order valence-corrected chi connectivity index (χ1v) is 4.51. The van der Waals surface area contributed by atoms with E-state index in [2.05, 4.69) is 0 Å². The molecule has 0 atom stereocenters. The van der Waals surface area contributed by atoms with E-state index in [1.54, 1.807) is 32.0 Å². The van der Waals surface area contributed by atoms with Gasteiger partial charge in [0.1, 0.15) is 12.4 Å². The van der Waals surface area contributed by atoms with Gasteiger partial charge in [0.25, 0.3) is 0 Å². The Morgan fingerprint density at radius 3 is 2.64 bits per heavy atom. The minimum atomic E-state index is -0.343. The second-order valence-electron chi connectivity index (χ2n) is 3.35. The molecule has 1 aromatic rings. The zero-order chi connectivity index (χ0) is 10.6. The van der Waals surface area contributed by atoms with Crippen LogP contribution in [0.15, 0.2) is 24.3 Å². The van der Waals surface area contributed by atoms with Gasteiger partial charge in [0, 0.05) is 5.56 Å². The third-order valence-electron chi connectivity index (χ3n) is 1.80. The molecule has 1 aromatic carbocycles. The number of hydrogen-bond donors (Lipinski definition) is 0. The number of carbonyl (C=O) groups is 1. The van der Waals surface area contributed by atoms with Crippen LogP contribution in [0.3, 0.4) is 0 Å². The number of halogens is 1. The minimum absolute atomic E-state index is 0.00366. The van der Waals surface area contributed by atoms with Gasteiger partial charge in [-0.05, 0) is 6.07 Å². The molecule has 0 aromatic heterocycles. The van der Waals surface area contributed by atoms with Crippen molar-refractivity contribution in [3.05, 3.63) is 35.6 Å². The van der Waals surface area contributed by atoms with E-state index in [0.717, 1.165) is 0 Å². The summed E-state index contributed by atoms with van der Waals surface area (Å²) in [5.74, 6) is -0.834. The van der Waals surface area contributed by atoms with Crippen LogP contribution in [-0.2, 0) is 16.1 Å². The Kier molecular flexibility index (Phi) is 3.63. The molecule has 0 amide bonds. The van der Waals surface area contributed by atoms with Gasteiger partial charge < -0.3 is 4.74 Å². The van der Waals surface area contributed by atoms with Crippen LogP contribution >= 0.6 is 0 Å². The van der Waals surface area contributed by atoms with Gasteiger partial charge in [-0.25, -0.2) is 4.39 Å². The molecule has 14 heavy (non-hydrogen) atoms. The Labute approximate surface area is 82.7 Å². The van der Waals surface area contributed by atoms with Crippen LogP contribution in [-0.4, -0.2) is 5.97 Å². The number of carbonyl (C=O) groups excluding carboxylic acids is 1. The van der Waals surface area contributed by atoms with E-state index >= 15 is 0 Å². The largest absolute Gasteiger partial charge is 0.460 e. The lowest BCUT2D eigenvalue weighted by molar-refractivity contribution is -0.148. The average Bonchev–Trinajstić information content (AvgIpc) is 2.16. The van der Waals surface area contributed by atoms with Crippen molar-refractivity contribution in [2.24, 2.45) is 5.92 Å². The van der Waals surface area contributed by atoms with Crippen LogP contribution in [0.1, 0.15) is 19.4 Å². The molecule has 0 aliphatic heterocycles. The molecule has 0 spiro atoms. The molecule has 0 N–H and O–H groups in total. The quantitative estimate of drug-likeness (QED) is 0.694. The maximum absolute atomic E-state index is 13.0. The monoisotopic (exact) mass is 196 g/mol. The number of benzene rings is 1. The summed E-state index contributed by atoms with van der Waals surface area (Å²) in [6, 6.07) is 6.26. The molecular formula is C11H13FO2. The van der Waals surface area contributed by atoms with Gasteiger partial charge in [-0.1, -0.05) is 32.0 Å². The Balaban J connectivity index is 2.54. The Bertz CT molecular complexity index is 321. The zero-order valence-corrected chi connectivity index (χ0v) is 8.29. The number of hydrogen-bond acceptors (Lipinski definition) is 2. The van der Waals surface area contributed by atoms with Crippen molar-refractivity contribution in [1.82, 2.24) is 0 Å². The molecule has 0 unspecified atom stereocenters. The summed E-state index contributed by atoms with van der Waals surface area (Å²) < 4.78 is 17.9. The third kappa shape index (κ3) is 2.83. The fraction of sp³-hybridized carbons (Fsp3) is 0.364. The first-order chi connectivity index (χ1) is 6.61. The van der Waals surface area contributed by atoms with Crippen LogP contribution in [0.4, 0.5) is 4.39 Å². The van der Waals surface area contributed by atoms with Crippen LogP contribution in [0.5, 0.6) is 0 Å². The Morgan fingerprint density at radius 2 is 2.07 bits per heavy atom. The lowest BCUT2D eigenvalue weighted by atomic mass is 10.2. The van der Waals surface area contributed by atoms with E-state index in [9.17, 15) is 9.18 Å². The van der Waals surface area contributed by atoms with Crippen molar-refractivity contribution in [2.75, 3.05) is 0 Å². The summed E-state index contributed by atoms with van der Waals surface area (Å²) in [7, 11) is 0. The second kappa shape index (κ2) is 4.74. The molecule has 3 heteroatoms. The molecule has 2 nitrogen and oxygen atoms in total. The predicted molar refractivity (Wildman–Crippen MR) is 51.0 cm³/mol. The zero-order valence-electron chi connectivity index (χ0n) is 8.29. The summed E-state index contributed by atoms with van der Waals surface area (Å²) >= 11 is 0. The molecule has 0 bridgehead atoms. The fourth-order valence-corrected chi connectivity index (χ4v) is 0.931.